The topological polar surface area (TPSA) is 21.3 Å². The maximum Gasteiger partial charge on any atom is 0.126 e. The van der Waals surface area contributed by atoms with Gasteiger partial charge in [-0.15, -0.1) is 0 Å². The van der Waals surface area contributed by atoms with Gasteiger partial charge in [0.25, 0.3) is 0 Å². The van der Waals surface area contributed by atoms with Crippen molar-refractivity contribution in [3.05, 3.63) is 35.1 Å². The van der Waals surface area contributed by atoms with Gasteiger partial charge in [-0.05, 0) is 56.3 Å². The highest BCUT2D eigenvalue weighted by atomic mass is 19.1. The third-order valence-electron chi connectivity index (χ3n) is 4.32. The smallest absolute Gasteiger partial charge is 0.126 e. The number of methoxy groups -OCH3 is 1. The van der Waals surface area contributed by atoms with Crippen molar-refractivity contribution in [3.8, 4) is 0 Å². The van der Waals surface area contributed by atoms with Crippen molar-refractivity contribution in [1.82, 2.24) is 5.32 Å². The number of halogens is 1. The summed E-state index contributed by atoms with van der Waals surface area (Å²) in [4.78, 5) is 0. The summed E-state index contributed by atoms with van der Waals surface area (Å²) in [5.41, 5.74) is 1.71. The molecule has 1 aliphatic carbocycles. The van der Waals surface area contributed by atoms with E-state index in [2.05, 4.69) is 12.2 Å². The maximum atomic E-state index is 13.7. The highest BCUT2D eigenvalue weighted by molar-refractivity contribution is 5.26. The van der Waals surface area contributed by atoms with E-state index in [9.17, 15) is 4.39 Å². The molecule has 3 heteroatoms. The van der Waals surface area contributed by atoms with Gasteiger partial charge in [0.1, 0.15) is 5.82 Å². The Bertz CT molecular complexity index is 423. The van der Waals surface area contributed by atoms with Gasteiger partial charge in [-0.2, -0.15) is 0 Å². The summed E-state index contributed by atoms with van der Waals surface area (Å²) in [6.45, 7) is 4.75. The molecule has 2 rings (SSSR count). The van der Waals surface area contributed by atoms with Crippen molar-refractivity contribution in [2.75, 3.05) is 13.7 Å². The van der Waals surface area contributed by atoms with Crippen molar-refractivity contribution in [2.24, 2.45) is 0 Å². The Kier molecular flexibility index (Phi) is 4.58. The van der Waals surface area contributed by atoms with Crippen LogP contribution in [-0.2, 0) is 4.74 Å². The zero-order valence-electron chi connectivity index (χ0n) is 12.1. The van der Waals surface area contributed by atoms with E-state index >= 15 is 0 Å². The van der Waals surface area contributed by atoms with E-state index in [4.69, 9.17) is 4.74 Å². The second-order valence-corrected chi connectivity index (χ2v) is 5.56. The summed E-state index contributed by atoms with van der Waals surface area (Å²) >= 11 is 0. The lowest BCUT2D eigenvalue weighted by atomic mass is 9.74. The van der Waals surface area contributed by atoms with Crippen LogP contribution in [0.2, 0.25) is 0 Å². The Hall–Kier alpha value is -0.930. The Morgan fingerprint density at radius 2 is 2.16 bits per heavy atom. The van der Waals surface area contributed by atoms with Gasteiger partial charge in [-0.25, -0.2) is 4.39 Å². The SMILES string of the molecule is CCNC(CC1(OC)CCC1)c1ccc(C)c(F)c1. The van der Waals surface area contributed by atoms with Crippen LogP contribution in [-0.4, -0.2) is 19.3 Å². The molecular weight excluding hydrogens is 241 g/mol. The lowest BCUT2D eigenvalue weighted by molar-refractivity contribution is -0.0837. The minimum atomic E-state index is -0.125. The molecule has 0 saturated heterocycles. The second-order valence-electron chi connectivity index (χ2n) is 5.56. The molecule has 0 amide bonds. The number of aryl methyl sites for hydroxylation is 1. The summed E-state index contributed by atoms with van der Waals surface area (Å²) in [5, 5.41) is 3.46. The predicted molar refractivity (Wildman–Crippen MR) is 75.8 cm³/mol. The molecule has 0 aromatic heterocycles. The number of rotatable bonds is 6. The molecule has 1 aromatic rings. The fourth-order valence-corrected chi connectivity index (χ4v) is 2.81. The molecule has 1 atom stereocenters. The molecule has 0 bridgehead atoms. The fourth-order valence-electron chi connectivity index (χ4n) is 2.81. The second kappa shape index (κ2) is 6.02. The lowest BCUT2D eigenvalue weighted by Crippen LogP contribution is -2.42. The average molecular weight is 265 g/mol. The van der Waals surface area contributed by atoms with E-state index in [0.29, 0.717) is 5.56 Å². The highest BCUT2D eigenvalue weighted by Gasteiger charge is 2.39. The average Bonchev–Trinajstić information content (AvgIpc) is 2.36. The molecule has 1 aromatic carbocycles. The van der Waals surface area contributed by atoms with E-state index in [1.54, 1.807) is 20.1 Å². The van der Waals surface area contributed by atoms with Crippen molar-refractivity contribution in [2.45, 2.75) is 51.2 Å². The fraction of sp³-hybridized carbons (Fsp3) is 0.625. The summed E-state index contributed by atoms with van der Waals surface area (Å²) in [6.07, 6.45) is 4.37. The number of ether oxygens (including phenoxy) is 1. The first-order valence-corrected chi connectivity index (χ1v) is 7.15. The van der Waals surface area contributed by atoms with Gasteiger partial charge in [0.2, 0.25) is 0 Å². The Balaban J connectivity index is 2.16. The lowest BCUT2D eigenvalue weighted by Gasteiger charge is -2.43. The van der Waals surface area contributed by atoms with Gasteiger partial charge in [0, 0.05) is 13.2 Å². The molecule has 2 nitrogen and oxygen atoms in total. The summed E-state index contributed by atoms with van der Waals surface area (Å²) in [5.74, 6) is -0.125. The van der Waals surface area contributed by atoms with E-state index in [1.165, 1.54) is 6.42 Å². The highest BCUT2D eigenvalue weighted by Crippen LogP contribution is 2.41. The minimum Gasteiger partial charge on any atom is -0.378 e. The standard InChI is InChI=1S/C16H24FNO/c1-4-18-15(11-16(19-3)8-5-9-16)13-7-6-12(2)14(17)10-13/h6-7,10,15,18H,4-5,8-9,11H2,1-3H3. The van der Waals surface area contributed by atoms with E-state index in [-0.39, 0.29) is 17.5 Å². The molecule has 0 radical (unpaired) electrons. The zero-order chi connectivity index (χ0) is 13.9. The summed E-state index contributed by atoms with van der Waals surface area (Å²) in [7, 11) is 1.79. The summed E-state index contributed by atoms with van der Waals surface area (Å²) < 4.78 is 19.4. The Morgan fingerprint density at radius 1 is 1.42 bits per heavy atom. The number of benzene rings is 1. The minimum absolute atomic E-state index is 0.00576. The van der Waals surface area contributed by atoms with Crippen LogP contribution in [0.15, 0.2) is 18.2 Å². The van der Waals surface area contributed by atoms with Crippen molar-refractivity contribution in [3.63, 3.8) is 0 Å². The van der Waals surface area contributed by atoms with Gasteiger partial charge < -0.3 is 10.1 Å². The van der Waals surface area contributed by atoms with Crippen LogP contribution in [0.25, 0.3) is 0 Å². The van der Waals surface area contributed by atoms with Crippen LogP contribution < -0.4 is 5.32 Å². The van der Waals surface area contributed by atoms with E-state index in [0.717, 1.165) is 31.4 Å². The first-order valence-electron chi connectivity index (χ1n) is 7.15. The van der Waals surface area contributed by atoms with Gasteiger partial charge >= 0.3 is 0 Å². The van der Waals surface area contributed by atoms with Gasteiger partial charge in [-0.1, -0.05) is 19.1 Å². The van der Waals surface area contributed by atoms with E-state index in [1.807, 2.05) is 12.1 Å². The van der Waals surface area contributed by atoms with E-state index < -0.39 is 0 Å². The van der Waals surface area contributed by atoms with Crippen molar-refractivity contribution >= 4 is 0 Å². The number of nitrogens with one attached hydrogen (secondary N) is 1. The van der Waals surface area contributed by atoms with Crippen LogP contribution in [0.5, 0.6) is 0 Å². The molecule has 1 N–H and O–H groups in total. The molecule has 1 unspecified atom stereocenters. The Morgan fingerprint density at radius 3 is 2.63 bits per heavy atom. The number of hydrogen-bond acceptors (Lipinski definition) is 2. The van der Waals surface area contributed by atoms with Crippen LogP contribution >= 0.6 is 0 Å². The quantitative estimate of drug-likeness (QED) is 0.846. The maximum absolute atomic E-state index is 13.7. The van der Waals surface area contributed by atoms with Crippen LogP contribution in [0.4, 0.5) is 4.39 Å². The monoisotopic (exact) mass is 265 g/mol. The zero-order valence-corrected chi connectivity index (χ0v) is 12.1. The Labute approximate surface area is 115 Å². The third kappa shape index (κ3) is 3.15. The molecule has 0 spiro atoms. The molecule has 1 aliphatic rings. The molecular formula is C16H24FNO. The first kappa shape index (κ1) is 14.5. The molecule has 1 fully saturated rings. The van der Waals surface area contributed by atoms with Crippen molar-refractivity contribution in [1.29, 1.82) is 0 Å². The predicted octanol–water partition coefficient (Wildman–Crippen LogP) is 3.74. The van der Waals surface area contributed by atoms with Gasteiger partial charge in [0.05, 0.1) is 5.60 Å². The molecule has 106 valence electrons. The number of hydrogen-bond donors (Lipinski definition) is 1. The third-order valence-corrected chi connectivity index (χ3v) is 4.32. The molecule has 19 heavy (non-hydrogen) atoms. The summed E-state index contributed by atoms with van der Waals surface area (Å²) in [6, 6.07) is 5.70. The molecule has 1 saturated carbocycles. The van der Waals surface area contributed by atoms with Crippen LogP contribution in [0.1, 0.15) is 49.8 Å². The van der Waals surface area contributed by atoms with Gasteiger partial charge in [0.15, 0.2) is 0 Å². The van der Waals surface area contributed by atoms with Crippen LogP contribution in [0, 0.1) is 12.7 Å². The normalized spacial score (nSPS) is 18.9. The largest absolute Gasteiger partial charge is 0.378 e. The van der Waals surface area contributed by atoms with Crippen LogP contribution in [0.3, 0.4) is 0 Å². The molecule has 0 heterocycles. The first-order chi connectivity index (χ1) is 9.10. The molecule has 0 aliphatic heterocycles. The van der Waals surface area contributed by atoms with Crippen molar-refractivity contribution < 1.29 is 9.13 Å². The van der Waals surface area contributed by atoms with Gasteiger partial charge in [-0.3, -0.25) is 0 Å².